The van der Waals surface area contributed by atoms with Gasteiger partial charge in [0.1, 0.15) is 16.6 Å². The van der Waals surface area contributed by atoms with Crippen LogP contribution in [-0.2, 0) is 6.54 Å². The zero-order valence-electron chi connectivity index (χ0n) is 11.2. The number of imidazole rings is 1. The predicted octanol–water partition coefficient (Wildman–Crippen LogP) is 3.85. The lowest BCUT2D eigenvalue weighted by molar-refractivity contribution is 0.415. The third-order valence-corrected chi connectivity index (χ3v) is 4.08. The van der Waals surface area contributed by atoms with Gasteiger partial charge in [0, 0.05) is 17.6 Å². The van der Waals surface area contributed by atoms with Gasteiger partial charge in [-0.15, -0.1) is 22.9 Å². The van der Waals surface area contributed by atoms with Crippen LogP contribution in [0.2, 0.25) is 0 Å². The molecule has 3 aromatic rings. The molecule has 6 heteroatoms. The Morgan fingerprint density at radius 3 is 2.95 bits per heavy atom. The normalized spacial score (nSPS) is 12.8. The fourth-order valence-electron chi connectivity index (χ4n) is 2.19. The molecular weight excluding hydrogens is 294 g/mol. The molecule has 0 spiro atoms. The summed E-state index contributed by atoms with van der Waals surface area (Å²) in [7, 11) is 1.65. The highest BCUT2D eigenvalue weighted by molar-refractivity contribution is 7.09. The zero-order valence-corrected chi connectivity index (χ0v) is 12.8. The summed E-state index contributed by atoms with van der Waals surface area (Å²) in [4.78, 5) is 8.96. The third kappa shape index (κ3) is 2.39. The molecule has 0 aliphatic rings. The molecule has 20 heavy (non-hydrogen) atoms. The first kappa shape index (κ1) is 13.4. The van der Waals surface area contributed by atoms with Crippen LogP contribution in [-0.4, -0.2) is 21.6 Å². The van der Waals surface area contributed by atoms with Crippen LogP contribution in [0.5, 0.6) is 5.75 Å². The Balaban J connectivity index is 2.14. The minimum absolute atomic E-state index is 0.159. The second-order valence-electron chi connectivity index (χ2n) is 4.45. The lowest BCUT2D eigenvalue weighted by atomic mass is 10.3. The molecule has 1 aromatic carbocycles. The van der Waals surface area contributed by atoms with E-state index in [9.17, 15) is 0 Å². The molecule has 0 aliphatic heterocycles. The topological polar surface area (TPSA) is 39.9 Å². The molecule has 1 unspecified atom stereocenters. The monoisotopic (exact) mass is 307 g/mol. The number of fused-ring (bicyclic) bond motifs is 1. The highest BCUT2D eigenvalue weighted by Crippen LogP contribution is 2.28. The number of thiazole rings is 1. The van der Waals surface area contributed by atoms with Gasteiger partial charge >= 0.3 is 0 Å². The van der Waals surface area contributed by atoms with Crippen molar-refractivity contribution in [1.29, 1.82) is 0 Å². The maximum Gasteiger partial charge on any atom is 0.128 e. The number of methoxy groups -OCH3 is 1. The van der Waals surface area contributed by atoms with Crippen molar-refractivity contribution in [3.63, 3.8) is 0 Å². The van der Waals surface area contributed by atoms with Crippen molar-refractivity contribution in [2.75, 3.05) is 7.11 Å². The molecule has 0 aliphatic carbocycles. The van der Waals surface area contributed by atoms with E-state index in [1.807, 2.05) is 36.7 Å². The number of nitrogens with zero attached hydrogens (tertiary/aromatic N) is 3. The van der Waals surface area contributed by atoms with E-state index in [2.05, 4.69) is 14.5 Å². The Kier molecular flexibility index (Phi) is 3.63. The number of hydrogen-bond donors (Lipinski definition) is 0. The first-order valence-electron chi connectivity index (χ1n) is 6.25. The smallest absolute Gasteiger partial charge is 0.128 e. The Morgan fingerprint density at radius 2 is 2.30 bits per heavy atom. The van der Waals surface area contributed by atoms with Crippen LogP contribution in [0.1, 0.15) is 23.1 Å². The van der Waals surface area contributed by atoms with Gasteiger partial charge in [0.15, 0.2) is 0 Å². The van der Waals surface area contributed by atoms with Gasteiger partial charge in [0.25, 0.3) is 0 Å². The van der Waals surface area contributed by atoms with E-state index in [4.69, 9.17) is 16.3 Å². The van der Waals surface area contributed by atoms with E-state index < -0.39 is 0 Å². The van der Waals surface area contributed by atoms with Crippen molar-refractivity contribution in [2.45, 2.75) is 18.8 Å². The molecule has 104 valence electrons. The maximum absolute atomic E-state index is 6.26. The number of rotatable bonds is 4. The van der Waals surface area contributed by atoms with Crippen molar-refractivity contribution in [2.24, 2.45) is 0 Å². The summed E-state index contributed by atoms with van der Waals surface area (Å²) in [5, 5.41) is 2.86. The molecule has 0 radical (unpaired) electrons. The molecule has 2 aromatic heterocycles. The van der Waals surface area contributed by atoms with Crippen LogP contribution < -0.4 is 4.74 Å². The van der Waals surface area contributed by atoms with Gasteiger partial charge in [-0.25, -0.2) is 9.97 Å². The SMILES string of the molecule is COc1ccc2c(c1)nc(C(C)Cl)n2Cc1nccs1. The van der Waals surface area contributed by atoms with Crippen molar-refractivity contribution in [3.8, 4) is 5.75 Å². The summed E-state index contributed by atoms with van der Waals surface area (Å²) in [6.07, 6.45) is 1.81. The van der Waals surface area contributed by atoms with E-state index in [0.29, 0.717) is 6.54 Å². The number of hydrogen-bond acceptors (Lipinski definition) is 4. The minimum atomic E-state index is -0.159. The highest BCUT2D eigenvalue weighted by Gasteiger charge is 2.16. The molecular formula is C14H14ClN3OS. The van der Waals surface area contributed by atoms with E-state index in [-0.39, 0.29) is 5.38 Å². The van der Waals surface area contributed by atoms with Crippen LogP contribution >= 0.6 is 22.9 Å². The van der Waals surface area contributed by atoms with Crippen LogP contribution in [0, 0.1) is 0 Å². The average molecular weight is 308 g/mol. The van der Waals surface area contributed by atoms with Gasteiger partial charge in [-0.2, -0.15) is 0 Å². The van der Waals surface area contributed by atoms with Crippen LogP contribution in [0.15, 0.2) is 29.8 Å². The third-order valence-electron chi connectivity index (χ3n) is 3.12. The zero-order chi connectivity index (χ0) is 14.1. The Morgan fingerprint density at radius 1 is 1.45 bits per heavy atom. The standard InChI is InChI=1S/C14H14ClN3OS/c1-9(15)14-17-11-7-10(19-2)3-4-12(11)18(14)8-13-16-5-6-20-13/h3-7,9H,8H2,1-2H3. The molecule has 0 amide bonds. The van der Waals surface area contributed by atoms with Crippen molar-refractivity contribution in [1.82, 2.24) is 14.5 Å². The molecule has 0 saturated heterocycles. The Labute approximate surface area is 126 Å². The van der Waals surface area contributed by atoms with Crippen LogP contribution in [0.4, 0.5) is 0 Å². The highest BCUT2D eigenvalue weighted by atomic mass is 35.5. The van der Waals surface area contributed by atoms with Gasteiger partial charge in [-0.3, -0.25) is 0 Å². The molecule has 0 N–H and O–H groups in total. The van der Waals surface area contributed by atoms with Crippen molar-refractivity contribution in [3.05, 3.63) is 40.6 Å². The second kappa shape index (κ2) is 5.42. The summed E-state index contributed by atoms with van der Waals surface area (Å²) < 4.78 is 7.36. The van der Waals surface area contributed by atoms with Gasteiger partial charge in [-0.05, 0) is 19.1 Å². The molecule has 4 nitrogen and oxygen atoms in total. The summed E-state index contributed by atoms with van der Waals surface area (Å²) in [6, 6.07) is 5.87. The van der Waals surface area contributed by atoms with Gasteiger partial charge < -0.3 is 9.30 Å². The van der Waals surface area contributed by atoms with E-state index in [0.717, 1.165) is 27.6 Å². The number of alkyl halides is 1. The maximum atomic E-state index is 6.26. The van der Waals surface area contributed by atoms with Gasteiger partial charge in [0.2, 0.25) is 0 Å². The summed E-state index contributed by atoms with van der Waals surface area (Å²) >= 11 is 7.89. The van der Waals surface area contributed by atoms with Crippen molar-refractivity contribution < 1.29 is 4.74 Å². The lowest BCUT2D eigenvalue weighted by Crippen LogP contribution is -2.05. The number of ether oxygens (including phenoxy) is 1. The summed E-state index contributed by atoms with van der Waals surface area (Å²) in [5.41, 5.74) is 1.94. The molecule has 1 atom stereocenters. The Bertz CT molecular complexity index is 721. The number of benzene rings is 1. The Hall–Kier alpha value is -1.59. The quantitative estimate of drug-likeness (QED) is 0.687. The average Bonchev–Trinajstić information content (AvgIpc) is 3.06. The fraction of sp³-hybridized carbons (Fsp3) is 0.286. The van der Waals surface area contributed by atoms with E-state index in [1.165, 1.54) is 0 Å². The number of aromatic nitrogens is 3. The summed E-state index contributed by atoms with van der Waals surface area (Å²) in [5.74, 6) is 1.65. The fourth-order valence-corrected chi connectivity index (χ4v) is 2.96. The second-order valence-corrected chi connectivity index (χ2v) is 6.09. The van der Waals surface area contributed by atoms with E-state index in [1.54, 1.807) is 18.4 Å². The molecule has 2 heterocycles. The predicted molar refractivity (Wildman–Crippen MR) is 81.8 cm³/mol. The first-order chi connectivity index (χ1) is 9.69. The van der Waals surface area contributed by atoms with Crippen LogP contribution in [0.25, 0.3) is 11.0 Å². The van der Waals surface area contributed by atoms with Crippen LogP contribution in [0.3, 0.4) is 0 Å². The molecule has 3 rings (SSSR count). The van der Waals surface area contributed by atoms with Crippen molar-refractivity contribution >= 4 is 34.0 Å². The molecule has 0 saturated carbocycles. The van der Waals surface area contributed by atoms with Gasteiger partial charge in [-0.1, -0.05) is 0 Å². The van der Waals surface area contributed by atoms with E-state index >= 15 is 0 Å². The largest absolute Gasteiger partial charge is 0.497 e. The molecule has 0 fully saturated rings. The number of halogens is 1. The van der Waals surface area contributed by atoms with Gasteiger partial charge in [0.05, 0.1) is 30.1 Å². The first-order valence-corrected chi connectivity index (χ1v) is 7.57. The lowest BCUT2D eigenvalue weighted by Gasteiger charge is -2.08. The minimum Gasteiger partial charge on any atom is -0.497 e. The molecule has 0 bridgehead atoms. The summed E-state index contributed by atoms with van der Waals surface area (Å²) in [6.45, 7) is 2.62.